The van der Waals surface area contributed by atoms with Gasteiger partial charge in [-0.3, -0.25) is 0 Å². The van der Waals surface area contributed by atoms with Crippen molar-refractivity contribution in [2.24, 2.45) is 5.73 Å². The first-order chi connectivity index (χ1) is 12.2. The van der Waals surface area contributed by atoms with Crippen LogP contribution in [0.25, 0.3) is 22.3 Å². The maximum atomic E-state index is 6.88. The molecule has 0 saturated carbocycles. The van der Waals surface area contributed by atoms with Crippen molar-refractivity contribution < 1.29 is 0 Å². The van der Waals surface area contributed by atoms with Crippen LogP contribution in [0.5, 0.6) is 0 Å². The fourth-order valence-electron chi connectivity index (χ4n) is 5.01. The smallest absolute Gasteiger partial charge is 0.0649 e. The van der Waals surface area contributed by atoms with Crippen LogP contribution in [0.2, 0.25) is 0 Å². The number of hydrogen-bond donors (Lipinski definition) is 1. The lowest BCUT2D eigenvalue weighted by Gasteiger charge is -2.24. The number of fused-ring (bicyclic) bond motifs is 6. The van der Waals surface area contributed by atoms with E-state index in [1.165, 1.54) is 55.6 Å². The highest BCUT2D eigenvalue weighted by molar-refractivity contribution is 5.89. The second kappa shape index (κ2) is 4.66. The zero-order valence-corrected chi connectivity index (χ0v) is 16.2. The Balaban J connectivity index is 1.84. The number of rotatable bonds is 0. The van der Waals surface area contributed by atoms with Gasteiger partial charge in [0.25, 0.3) is 0 Å². The van der Waals surface area contributed by atoms with Crippen LogP contribution >= 0.6 is 0 Å². The summed E-state index contributed by atoms with van der Waals surface area (Å²) in [5.74, 6) is 0. The highest BCUT2D eigenvalue weighted by Crippen LogP contribution is 2.54. The van der Waals surface area contributed by atoms with E-state index in [1.807, 2.05) is 0 Å². The highest BCUT2D eigenvalue weighted by atomic mass is 14.7. The van der Waals surface area contributed by atoms with E-state index in [4.69, 9.17) is 5.73 Å². The van der Waals surface area contributed by atoms with Gasteiger partial charge in [0, 0.05) is 5.41 Å². The topological polar surface area (TPSA) is 26.0 Å². The molecule has 3 aromatic rings. The van der Waals surface area contributed by atoms with Gasteiger partial charge < -0.3 is 5.73 Å². The summed E-state index contributed by atoms with van der Waals surface area (Å²) in [7, 11) is 0. The van der Waals surface area contributed by atoms with Gasteiger partial charge in [-0.05, 0) is 77.4 Å². The summed E-state index contributed by atoms with van der Waals surface area (Å²) in [4.78, 5) is 0. The zero-order valence-electron chi connectivity index (χ0n) is 16.2. The van der Waals surface area contributed by atoms with Crippen molar-refractivity contribution in [3.63, 3.8) is 0 Å². The fourth-order valence-corrected chi connectivity index (χ4v) is 5.01. The number of hydrogen-bond acceptors (Lipinski definition) is 1. The van der Waals surface area contributed by atoms with E-state index in [0.717, 1.165) is 0 Å². The van der Waals surface area contributed by atoms with Crippen molar-refractivity contribution in [3.05, 3.63) is 81.9 Å². The molecule has 2 N–H and O–H groups in total. The molecule has 2 aliphatic carbocycles. The number of aryl methyl sites for hydroxylation is 2. The molecule has 0 aliphatic heterocycles. The second-order valence-electron chi connectivity index (χ2n) is 8.87. The van der Waals surface area contributed by atoms with Gasteiger partial charge in [-0.25, -0.2) is 0 Å². The fraction of sp³-hybridized carbons (Fsp3) is 0.280. The molecule has 0 fully saturated rings. The molecule has 2 aliphatic rings. The molecule has 1 atom stereocenters. The maximum absolute atomic E-state index is 6.88. The van der Waals surface area contributed by atoms with Gasteiger partial charge in [-0.15, -0.1) is 0 Å². The Morgan fingerprint density at radius 2 is 1.00 bits per heavy atom. The summed E-state index contributed by atoms with van der Waals surface area (Å²) in [5, 5.41) is 0. The van der Waals surface area contributed by atoms with Crippen molar-refractivity contribution in [2.75, 3.05) is 0 Å². The van der Waals surface area contributed by atoms with Crippen LogP contribution in [0.1, 0.15) is 54.2 Å². The molecule has 0 aromatic heterocycles. The molecule has 1 nitrogen and oxygen atoms in total. The molecule has 26 heavy (non-hydrogen) atoms. The monoisotopic (exact) mass is 339 g/mol. The molecule has 0 bridgehead atoms. The SMILES string of the molecule is Cc1ccc2c(c1)C(C)(C)c1cc3c(cc1-2)C(C)(N)c1cc(C)ccc1-3. The van der Waals surface area contributed by atoms with E-state index < -0.39 is 5.54 Å². The molecule has 0 saturated heterocycles. The largest absolute Gasteiger partial charge is 0.318 e. The molecule has 0 radical (unpaired) electrons. The molecule has 3 aromatic carbocycles. The predicted molar refractivity (Wildman–Crippen MR) is 110 cm³/mol. The van der Waals surface area contributed by atoms with E-state index >= 15 is 0 Å². The average molecular weight is 339 g/mol. The Kier molecular flexibility index (Phi) is 2.84. The third-order valence-electron chi connectivity index (χ3n) is 6.55. The molecule has 0 heterocycles. The summed E-state index contributed by atoms with van der Waals surface area (Å²) in [6.07, 6.45) is 0. The summed E-state index contributed by atoms with van der Waals surface area (Å²) < 4.78 is 0. The number of nitrogens with two attached hydrogens (primary N) is 1. The molecule has 1 heteroatoms. The van der Waals surface area contributed by atoms with Gasteiger partial charge in [0.1, 0.15) is 0 Å². The Labute approximate surface area is 155 Å². The van der Waals surface area contributed by atoms with Gasteiger partial charge in [-0.1, -0.05) is 61.4 Å². The minimum absolute atomic E-state index is 0.0180. The number of benzene rings is 3. The van der Waals surface area contributed by atoms with Crippen LogP contribution < -0.4 is 5.73 Å². The van der Waals surface area contributed by atoms with E-state index in [2.05, 4.69) is 83.1 Å². The quantitative estimate of drug-likeness (QED) is 0.549. The van der Waals surface area contributed by atoms with Crippen LogP contribution in [0, 0.1) is 13.8 Å². The van der Waals surface area contributed by atoms with E-state index in [0.29, 0.717) is 0 Å². The Bertz CT molecular complexity index is 1010. The van der Waals surface area contributed by atoms with Crippen molar-refractivity contribution in [2.45, 2.75) is 45.6 Å². The molecule has 0 spiro atoms. The standard InChI is InChI=1S/C25H25N/c1-14-6-8-16-18-13-23-19(12-21(18)24(3,4)20(16)10-14)17-9-7-15(2)11-22(17)25(23,5)26/h6-13H,26H2,1-5H3. The maximum Gasteiger partial charge on any atom is 0.0649 e. The van der Waals surface area contributed by atoms with Crippen LogP contribution in [0.4, 0.5) is 0 Å². The normalized spacial score (nSPS) is 21.2. The molecular weight excluding hydrogens is 314 g/mol. The highest BCUT2D eigenvalue weighted by Gasteiger charge is 2.41. The van der Waals surface area contributed by atoms with Crippen LogP contribution in [-0.2, 0) is 11.0 Å². The van der Waals surface area contributed by atoms with E-state index in [1.54, 1.807) is 0 Å². The average Bonchev–Trinajstić information content (AvgIpc) is 2.93. The lowest BCUT2D eigenvalue weighted by molar-refractivity contribution is 0.619. The van der Waals surface area contributed by atoms with Crippen LogP contribution in [-0.4, -0.2) is 0 Å². The summed E-state index contributed by atoms with van der Waals surface area (Å²) in [6, 6.07) is 18.3. The van der Waals surface area contributed by atoms with Crippen molar-refractivity contribution in [3.8, 4) is 22.3 Å². The van der Waals surface area contributed by atoms with Crippen LogP contribution in [0.3, 0.4) is 0 Å². The summed E-state index contributed by atoms with van der Waals surface area (Å²) in [6.45, 7) is 11.2. The first-order valence-corrected chi connectivity index (χ1v) is 9.42. The van der Waals surface area contributed by atoms with Gasteiger partial charge in [0.15, 0.2) is 0 Å². The third kappa shape index (κ3) is 1.79. The van der Waals surface area contributed by atoms with E-state index in [9.17, 15) is 0 Å². The van der Waals surface area contributed by atoms with Crippen molar-refractivity contribution in [1.82, 2.24) is 0 Å². The van der Waals surface area contributed by atoms with Gasteiger partial charge in [0.2, 0.25) is 0 Å². The van der Waals surface area contributed by atoms with Gasteiger partial charge >= 0.3 is 0 Å². The van der Waals surface area contributed by atoms with Gasteiger partial charge in [0.05, 0.1) is 5.54 Å². The molecular formula is C25H25N. The lowest BCUT2D eigenvalue weighted by atomic mass is 9.80. The van der Waals surface area contributed by atoms with Crippen LogP contribution in [0.15, 0.2) is 48.5 Å². The third-order valence-corrected chi connectivity index (χ3v) is 6.55. The lowest BCUT2D eigenvalue weighted by Crippen LogP contribution is -2.32. The van der Waals surface area contributed by atoms with Gasteiger partial charge in [-0.2, -0.15) is 0 Å². The van der Waals surface area contributed by atoms with E-state index in [-0.39, 0.29) is 5.41 Å². The second-order valence-corrected chi connectivity index (χ2v) is 8.87. The molecule has 0 amide bonds. The first-order valence-electron chi connectivity index (χ1n) is 9.42. The Morgan fingerprint density at radius 1 is 0.577 bits per heavy atom. The summed E-state index contributed by atoms with van der Waals surface area (Å²) >= 11 is 0. The Morgan fingerprint density at radius 3 is 1.65 bits per heavy atom. The minimum Gasteiger partial charge on any atom is -0.318 e. The minimum atomic E-state index is -0.441. The van der Waals surface area contributed by atoms with Crippen molar-refractivity contribution >= 4 is 0 Å². The zero-order chi connectivity index (χ0) is 18.4. The van der Waals surface area contributed by atoms with Crippen molar-refractivity contribution in [1.29, 1.82) is 0 Å². The first kappa shape index (κ1) is 15.8. The molecule has 5 rings (SSSR count). The molecule has 1 unspecified atom stereocenters. The predicted octanol–water partition coefficient (Wildman–Crippen LogP) is 5.81. The summed E-state index contributed by atoms with van der Waals surface area (Å²) in [5.41, 5.74) is 19.7. The molecule has 130 valence electrons. The Hall–Kier alpha value is -2.38.